The normalized spacial score (nSPS) is 7.16. The zero-order valence-electron chi connectivity index (χ0n) is 20.7. The molecule has 0 bridgehead atoms. The monoisotopic (exact) mass is 360 g/mol. The SMILES string of the molecule is CC.CC.CC.CC.CCCC.CCCCC(C)C.Cn1cccn1. The predicted molar refractivity (Wildman–Crippen MR) is 124 cm³/mol. The van der Waals surface area contributed by atoms with Crippen molar-refractivity contribution in [2.45, 2.75) is 122 Å². The molecule has 0 spiro atoms. The highest BCUT2D eigenvalue weighted by Crippen LogP contribution is 2.04. The quantitative estimate of drug-likeness (QED) is 0.523. The molecule has 0 N–H and O–H groups in total. The van der Waals surface area contributed by atoms with E-state index in [0.717, 1.165) is 5.92 Å². The van der Waals surface area contributed by atoms with E-state index in [9.17, 15) is 0 Å². The van der Waals surface area contributed by atoms with Crippen molar-refractivity contribution in [3.63, 3.8) is 0 Å². The fourth-order valence-corrected chi connectivity index (χ4v) is 0.958. The lowest BCUT2D eigenvalue weighted by molar-refractivity contribution is 0.550. The standard InChI is InChI=1S/C7H16.C4H6N2.C4H10.4C2H6/c1-4-5-6-7(2)3;1-6-4-2-3-5-6;1-3-4-2;4*1-2/h7H,4-6H2,1-3H3;2-4H,1H3;3-4H2,1-2H3;4*1-2H3. The smallest absolute Gasteiger partial charge is 0.0489 e. The van der Waals surface area contributed by atoms with Crippen LogP contribution in [-0.4, -0.2) is 9.78 Å². The Morgan fingerprint density at radius 2 is 1.16 bits per heavy atom. The Hall–Kier alpha value is -0.790. The summed E-state index contributed by atoms with van der Waals surface area (Å²) in [6, 6.07) is 1.89. The van der Waals surface area contributed by atoms with Gasteiger partial charge in [-0.25, -0.2) is 0 Å². The molecule has 0 aliphatic heterocycles. The van der Waals surface area contributed by atoms with Crippen molar-refractivity contribution in [2.24, 2.45) is 13.0 Å². The van der Waals surface area contributed by atoms with Crippen molar-refractivity contribution < 1.29 is 0 Å². The molecule has 0 fully saturated rings. The van der Waals surface area contributed by atoms with Crippen LogP contribution in [-0.2, 0) is 7.05 Å². The van der Waals surface area contributed by atoms with Crippen LogP contribution in [0.5, 0.6) is 0 Å². The molecule has 1 aromatic rings. The molecule has 0 amide bonds. The maximum absolute atomic E-state index is 3.83. The lowest BCUT2D eigenvalue weighted by Crippen LogP contribution is -1.83. The molecule has 1 rings (SSSR count). The highest BCUT2D eigenvalue weighted by atomic mass is 15.2. The molecule has 0 saturated carbocycles. The van der Waals surface area contributed by atoms with Gasteiger partial charge in [0.2, 0.25) is 0 Å². The summed E-state index contributed by atoms with van der Waals surface area (Å²) in [5.41, 5.74) is 0. The second kappa shape index (κ2) is 56.7. The van der Waals surface area contributed by atoms with E-state index in [0.29, 0.717) is 0 Å². The topological polar surface area (TPSA) is 17.8 Å². The number of hydrogen-bond acceptors (Lipinski definition) is 1. The van der Waals surface area contributed by atoms with Crippen LogP contribution < -0.4 is 0 Å². The molecule has 0 aliphatic rings. The number of aryl methyl sites for hydroxylation is 1. The van der Waals surface area contributed by atoms with Gasteiger partial charge in [0.15, 0.2) is 0 Å². The van der Waals surface area contributed by atoms with Gasteiger partial charge in [0.25, 0.3) is 0 Å². The third kappa shape index (κ3) is 83.1. The minimum Gasteiger partial charge on any atom is -0.276 e. The fraction of sp³-hybridized carbons (Fsp3) is 0.870. The highest BCUT2D eigenvalue weighted by molar-refractivity contribution is 4.75. The van der Waals surface area contributed by atoms with Crippen LogP contribution in [0, 0.1) is 5.92 Å². The van der Waals surface area contributed by atoms with Gasteiger partial charge >= 0.3 is 0 Å². The van der Waals surface area contributed by atoms with Gasteiger partial charge in [-0.15, -0.1) is 0 Å². The summed E-state index contributed by atoms with van der Waals surface area (Å²) in [4.78, 5) is 0. The number of unbranched alkanes of at least 4 members (excludes halogenated alkanes) is 2. The molecule has 25 heavy (non-hydrogen) atoms. The predicted octanol–water partition coefficient (Wildman–Crippen LogP) is 9.16. The van der Waals surface area contributed by atoms with Crippen LogP contribution in [0.3, 0.4) is 0 Å². The lowest BCUT2D eigenvalue weighted by atomic mass is 10.1. The summed E-state index contributed by atoms with van der Waals surface area (Å²) in [7, 11) is 1.89. The molecule has 0 saturated heterocycles. The van der Waals surface area contributed by atoms with Crippen LogP contribution >= 0.6 is 0 Å². The van der Waals surface area contributed by atoms with E-state index in [2.05, 4.69) is 39.7 Å². The first-order valence-corrected chi connectivity index (χ1v) is 11.0. The third-order valence-electron chi connectivity index (χ3n) is 2.27. The van der Waals surface area contributed by atoms with Crippen LogP contribution in [0.4, 0.5) is 0 Å². The van der Waals surface area contributed by atoms with Crippen LogP contribution in [0.2, 0.25) is 0 Å². The molecule has 1 aromatic heterocycles. The van der Waals surface area contributed by atoms with Crippen molar-refractivity contribution in [1.82, 2.24) is 9.78 Å². The van der Waals surface area contributed by atoms with Crippen molar-refractivity contribution >= 4 is 0 Å². The first kappa shape index (κ1) is 39.3. The molecule has 0 aliphatic carbocycles. The maximum Gasteiger partial charge on any atom is 0.0489 e. The summed E-state index contributed by atoms with van der Waals surface area (Å²) in [5, 5.41) is 3.83. The van der Waals surface area contributed by atoms with Gasteiger partial charge in [-0.3, -0.25) is 4.68 Å². The second-order valence-electron chi connectivity index (χ2n) is 4.72. The number of rotatable bonds is 4. The third-order valence-corrected chi connectivity index (χ3v) is 2.27. The van der Waals surface area contributed by atoms with Gasteiger partial charge in [0.05, 0.1) is 0 Å². The number of hydrogen-bond donors (Lipinski definition) is 0. The zero-order valence-corrected chi connectivity index (χ0v) is 20.7. The Balaban J connectivity index is -0.0000000459. The van der Waals surface area contributed by atoms with Gasteiger partial charge in [-0.05, 0) is 12.0 Å². The highest BCUT2D eigenvalue weighted by Gasteiger charge is 1.88. The van der Waals surface area contributed by atoms with Gasteiger partial charge in [-0.1, -0.05) is 122 Å². The van der Waals surface area contributed by atoms with E-state index in [1.807, 2.05) is 74.7 Å². The summed E-state index contributed by atoms with van der Waals surface area (Å²) in [5.74, 6) is 0.903. The summed E-state index contributed by atoms with van der Waals surface area (Å²) >= 11 is 0. The molecule has 0 atom stereocenters. The average Bonchev–Trinajstić information content (AvgIpc) is 3.18. The van der Waals surface area contributed by atoms with Crippen LogP contribution in [0.15, 0.2) is 18.5 Å². The molecule has 0 unspecified atom stereocenters. The van der Waals surface area contributed by atoms with E-state index in [-0.39, 0.29) is 0 Å². The van der Waals surface area contributed by atoms with E-state index in [4.69, 9.17) is 0 Å². The number of nitrogens with zero attached hydrogens (tertiary/aromatic N) is 2. The first-order valence-electron chi connectivity index (χ1n) is 11.0. The molecule has 1 heterocycles. The molecular weight excluding hydrogens is 304 g/mol. The van der Waals surface area contributed by atoms with Gasteiger partial charge in [-0.2, -0.15) is 5.10 Å². The van der Waals surface area contributed by atoms with Crippen LogP contribution in [0.25, 0.3) is 0 Å². The number of aromatic nitrogens is 2. The Kier molecular flexibility index (Phi) is 89.2. The van der Waals surface area contributed by atoms with Gasteiger partial charge in [0.1, 0.15) is 0 Å². The van der Waals surface area contributed by atoms with E-state index < -0.39 is 0 Å². The van der Waals surface area contributed by atoms with Crippen LogP contribution in [0.1, 0.15) is 122 Å². The summed E-state index contributed by atoms with van der Waals surface area (Å²) in [6.45, 7) is 27.1. The molecule has 2 heteroatoms. The Morgan fingerprint density at radius 1 is 0.760 bits per heavy atom. The molecule has 0 radical (unpaired) electrons. The minimum absolute atomic E-state index is 0.903. The molecule has 158 valence electrons. The van der Waals surface area contributed by atoms with Gasteiger partial charge < -0.3 is 0 Å². The molecule has 2 nitrogen and oxygen atoms in total. The Labute approximate surface area is 163 Å². The lowest BCUT2D eigenvalue weighted by Gasteiger charge is -1.98. The maximum atomic E-state index is 3.83. The summed E-state index contributed by atoms with van der Waals surface area (Å²) in [6.07, 6.45) is 10.4. The molecule has 0 aromatic carbocycles. The second-order valence-corrected chi connectivity index (χ2v) is 4.72. The van der Waals surface area contributed by atoms with Gasteiger partial charge in [0, 0.05) is 19.4 Å². The first-order chi connectivity index (χ1) is 12.1. The Morgan fingerprint density at radius 3 is 1.24 bits per heavy atom. The fourth-order valence-electron chi connectivity index (χ4n) is 0.958. The summed E-state index contributed by atoms with van der Waals surface area (Å²) < 4.78 is 1.75. The Bertz CT molecular complexity index is 202. The van der Waals surface area contributed by atoms with E-state index in [1.165, 1.54) is 32.1 Å². The van der Waals surface area contributed by atoms with Crippen molar-refractivity contribution in [3.8, 4) is 0 Å². The molecular formula is C23H56N2. The van der Waals surface area contributed by atoms with E-state index in [1.54, 1.807) is 10.9 Å². The van der Waals surface area contributed by atoms with Crippen molar-refractivity contribution in [2.75, 3.05) is 0 Å². The zero-order chi connectivity index (χ0) is 21.5. The minimum atomic E-state index is 0.903. The van der Waals surface area contributed by atoms with Crippen molar-refractivity contribution in [1.29, 1.82) is 0 Å². The largest absolute Gasteiger partial charge is 0.276 e. The average molecular weight is 361 g/mol. The van der Waals surface area contributed by atoms with Crippen molar-refractivity contribution in [3.05, 3.63) is 18.5 Å². The van der Waals surface area contributed by atoms with E-state index >= 15 is 0 Å².